The number of hydrogen-bond acceptors (Lipinski definition) is 9. The summed E-state index contributed by atoms with van der Waals surface area (Å²) in [4.78, 5) is 66.6. The third-order valence-electron chi connectivity index (χ3n) is 5.10. The summed E-state index contributed by atoms with van der Waals surface area (Å²) >= 11 is 0. The summed E-state index contributed by atoms with van der Waals surface area (Å²) in [7, 11) is 13.5. The molecule has 12 nitrogen and oxygen atoms in total. The Morgan fingerprint density at radius 2 is 1.41 bits per heavy atom. The first-order chi connectivity index (χ1) is 17.4. The molecule has 2 radical (unpaired) electrons. The normalized spacial score (nSPS) is 11.7. The fourth-order valence-corrected chi connectivity index (χ4v) is 3.06. The molecule has 2 atom stereocenters. The third kappa shape index (κ3) is 21.2. The van der Waals surface area contributed by atoms with Gasteiger partial charge in [-0.25, -0.2) is 0 Å². The number of likely N-dealkylation sites (N-methyl/N-ethyl adjacent to an activating group) is 2. The molecule has 2 unspecified atom stereocenters. The van der Waals surface area contributed by atoms with E-state index >= 15 is 0 Å². The van der Waals surface area contributed by atoms with Crippen molar-refractivity contribution in [2.45, 2.75) is 59.0 Å². The quantitative estimate of drug-likeness (QED) is 0.186. The number of carbonyl (C=O) groups is 5. The minimum Gasteiger partial charge on any atom is -0.300 e. The van der Waals surface area contributed by atoms with E-state index in [9.17, 15) is 24.0 Å². The molecule has 14 heteroatoms. The van der Waals surface area contributed by atoms with Crippen LogP contribution in [0.3, 0.4) is 0 Å². The smallest absolute Gasteiger partial charge is 0.300 e. The van der Waals surface area contributed by atoms with Gasteiger partial charge in [0.2, 0.25) is 0 Å². The third-order valence-corrected chi connectivity index (χ3v) is 5.10. The molecule has 0 spiro atoms. The molecule has 3 amide bonds. The van der Waals surface area contributed by atoms with Crippen LogP contribution >= 0.6 is 0 Å². The van der Waals surface area contributed by atoms with Gasteiger partial charge in [-0.3, -0.25) is 0 Å². The van der Waals surface area contributed by atoms with Gasteiger partial charge >= 0.3 is 211 Å². The zero-order valence-electron chi connectivity index (χ0n) is 23.2. The monoisotopic (exact) mass is 519 g/mol. The molecule has 0 aromatic heterocycles. The van der Waals surface area contributed by atoms with Crippen molar-refractivity contribution in [2.75, 3.05) is 59.9 Å². The Morgan fingerprint density at radius 1 is 0.838 bits per heavy atom. The van der Waals surface area contributed by atoms with Gasteiger partial charge in [-0.15, -0.1) is 0 Å². The van der Waals surface area contributed by atoms with Crippen LogP contribution in [0.4, 0.5) is 0 Å². The number of amides is 3. The van der Waals surface area contributed by atoms with E-state index in [4.69, 9.17) is 15.3 Å². The molecule has 0 aliphatic carbocycles. The SMILES string of the molecule is [B]=NCC(=O)N(CC(C)=O)CC(C)NC.[B]=NCC(=O)N(CCNC)CC(=O)NC(C)CCCC(C)=O. The van der Waals surface area contributed by atoms with Crippen LogP contribution in [0.5, 0.6) is 0 Å². The van der Waals surface area contributed by atoms with Gasteiger partial charge in [0.15, 0.2) is 0 Å². The molecule has 0 aromatic rings. The molecule has 37 heavy (non-hydrogen) atoms. The van der Waals surface area contributed by atoms with E-state index in [1.165, 1.54) is 16.7 Å². The minimum absolute atomic E-state index is 0.0208. The molecule has 3 N–H and O–H groups in total. The van der Waals surface area contributed by atoms with Crippen molar-refractivity contribution >= 4 is 44.6 Å². The average Bonchev–Trinajstić information content (AvgIpc) is 2.81. The second-order valence-corrected chi connectivity index (χ2v) is 8.83. The Morgan fingerprint density at radius 3 is 1.86 bits per heavy atom. The molecule has 0 rings (SSSR count). The molecule has 0 heterocycles. The second kappa shape index (κ2) is 22.6. The van der Waals surface area contributed by atoms with Gasteiger partial charge in [0, 0.05) is 0 Å². The summed E-state index contributed by atoms with van der Waals surface area (Å²) in [5.74, 6) is -0.639. The van der Waals surface area contributed by atoms with E-state index in [0.717, 1.165) is 12.8 Å². The number of nitrogens with one attached hydrogen (secondary N) is 3. The fraction of sp³-hybridized carbons (Fsp3) is 0.783. The van der Waals surface area contributed by atoms with Crippen molar-refractivity contribution in [1.82, 2.24) is 25.8 Å². The number of nitrogens with zero attached hydrogens (tertiary/aromatic N) is 4. The van der Waals surface area contributed by atoms with Gasteiger partial charge in [-0.05, 0) is 6.92 Å². The van der Waals surface area contributed by atoms with Crippen molar-refractivity contribution in [3.8, 4) is 0 Å². The second-order valence-electron chi connectivity index (χ2n) is 8.83. The van der Waals surface area contributed by atoms with Gasteiger partial charge in [-0.2, -0.15) is 0 Å². The Balaban J connectivity index is 0. The Kier molecular flexibility index (Phi) is 22.3. The summed E-state index contributed by atoms with van der Waals surface area (Å²) in [5.41, 5.74) is 0. The van der Waals surface area contributed by atoms with E-state index in [0.29, 0.717) is 26.1 Å². The van der Waals surface area contributed by atoms with E-state index < -0.39 is 0 Å². The van der Waals surface area contributed by atoms with Crippen LogP contribution in [0.1, 0.15) is 47.0 Å². The van der Waals surface area contributed by atoms with Crippen molar-refractivity contribution < 1.29 is 24.0 Å². The van der Waals surface area contributed by atoms with Crippen LogP contribution in [0.25, 0.3) is 0 Å². The Hall–Kier alpha value is -2.60. The number of Topliss-reactive ketones (excluding diaryl/α,β-unsaturated/α-hetero) is 2. The average molecular weight is 519 g/mol. The number of rotatable bonds is 19. The molecule has 206 valence electrons. The molecular weight excluding hydrogens is 476 g/mol. The predicted molar refractivity (Wildman–Crippen MR) is 145 cm³/mol. The fourth-order valence-electron chi connectivity index (χ4n) is 3.06. The number of ketones is 2. The summed E-state index contributed by atoms with van der Waals surface area (Å²) in [6.07, 6.45) is 1.99. The van der Waals surface area contributed by atoms with Gasteiger partial charge in [-0.1, -0.05) is 0 Å². The Labute approximate surface area is 223 Å². The van der Waals surface area contributed by atoms with Crippen LogP contribution < -0.4 is 16.0 Å². The van der Waals surface area contributed by atoms with E-state index in [1.54, 1.807) is 21.0 Å². The predicted octanol–water partition coefficient (Wildman–Crippen LogP) is -0.985. The molecule has 0 saturated carbocycles. The molecule has 0 fully saturated rings. The standard InChI is InChI=1S/C14H26BN4O3.C9H17BN3O2/c1-11(5-4-6-12(2)20)18-13(21)10-19(8-7-16-3)14(22)9-17-15;1-7(11-3)5-13(6-8(2)14)9(15)4-12-10/h11,16H,4-10H2,1-3H3,(H,18,21);7,11H,4-6H2,1-3H3. The van der Waals surface area contributed by atoms with Crippen molar-refractivity contribution in [3.05, 3.63) is 0 Å². The summed E-state index contributed by atoms with van der Waals surface area (Å²) in [6, 6.07) is 0.0957. The summed E-state index contributed by atoms with van der Waals surface area (Å²) in [5, 5.41) is 8.76. The summed E-state index contributed by atoms with van der Waals surface area (Å²) in [6.45, 7) is 8.16. The van der Waals surface area contributed by atoms with Gasteiger partial charge in [0.1, 0.15) is 0 Å². The zero-order valence-corrected chi connectivity index (χ0v) is 23.2. The first-order valence-corrected chi connectivity index (χ1v) is 12.3. The Bertz CT molecular complexity index is 755. The molecule has 0 bridgehead atoms. The van der Waals surface area contributed by atoms with Gasteiger partial charge in [0.25, 0.3) is 0 Å². The minimum atomic E-state index is -0.280. The maximum absolute atomic E-state index is 12.0. The maximum atomic E-state index is 12.0. The molecule has 0 aliphatic heterocycles. The van der Waals surface area contributed by atoms with Gasteiger partial charge in [0.05, 0.1) is 0 Å². The van der Waals surface area contributed by atoms with Crippen molar-refractivity contribution in [1.29, 1.82) is 0 Å². The topological polar surface area (TPSA) is 153 Å². The first-order valence-electron chi connectivity index (χ1n) is 12.3. The van der Waals surface area contributed by atoms with Crippen molar-refractivity contribution in [2.24, 2.45) is 9.79 Å². The van der Waals surface area contributed by atoms with E-state index in [1.807, 2.05) is 13.8 Å². The van der Waals surface area contributed by atoms with Crippen LogP contribution in [0.2, 0.25) is 0 Å². The van der Waals surface area contributed by atoms with E-state index in [2.05, 4.69) is 25.7 Å². The molecular formula is C23H43B2N7O5. The molecule has 0 aliphatic rings. The van der Waals surface area contributed by atoms with Crippen LogP contribution in [-0.4, -0.2) is 126 Å². The number of hydrogen-bond donors (Lipinski definition) is 3. The van der Waals surface area contributed by atoms with Crippen molar-refractivity contribution in [3.63, 3.8) is 0 Å². The summed E-state index contributed by atoms with van der Waals surface area (Å²) < 4.78 is 0. The van der Waals surface area contributed by atoms with Crippen LogP contribution in [0.15, 0.2) is 9.79 Å². The molecule has 0 saturated heterocycles. The van der Waals surface area contributed by atoms with Gasteiger partial charge < -0.3 is 4.79 Å². The number of carbonyl (C=O) groups excluding carboxylic acids is 5. The molecule has 0 aromatic carbocycles. The zero-order chi connectivity index (χ0) is 28.8. The van der Waals surface area contributed by atoms with Crippen LogP contribution in [-0.2, 0) is 24.0 Å². The first kappa shape index (κ1) is 36.6. The van der Waals surface area contributed by atoms with E-state index in [-0.39, 0.29) is 67.6 Å². The van der Waals surface area contributed by atoms with Crippen LogP contribution in [0, 0.1) is 0 Å².